The summed E-state index contributed by atoms with van der Waals surface area (Å²) in [7, 11) is 0. The Morgan fingerprint density at radius 2 is 1.90 bits per heavy atom. The van der Waals surface area contributed by atoms with Crippen molar-refractivity contribution in [3.63, 3.8) is 0 Å². The van der Waals surface area contributed by atoms with Gasteiger partial charge in [-0.3, -0.25) is 9.69 Å². The second-order valence-electron chi connectivity index (χ2n) is 7.02. The molecule has 150 valence electrons. The van der Waals surface area contributed by atoms with Crippen molar-refractivity contribution < 1.29 is 13.7 Å². The van der Waals surface area contributed by atoms with Crippen LogP contribution >= 0.6 is 11.6 Å². The topological polar surface area (TPSA) is 65.7 Å². The van der Waals surface area contributed by atoms with Crippen molar-refractivity contribution in [2.24, 2.45) is 0 Å². The lowest BCUT2D eigenvalue weighted by Crippen LogP contribution is -2.17. The fourth-order valence-corrected chi connectivity index (χ4v) is 4.05. The lowest BCUT2D eigenvalue weighted by atomic mass is 10.1. The van der Waals surface area contributed by atoms with Gasteiger partial charge in [0.25, 0.3) is 0 Å². The molecule has 0 bridgehead atoms. The predicted octanol–water partition coefficient (Wildman–Crippen LogP) is 4.13. The van der Waals surface area contributed by atoms with Crippen LogP contribution in [0.3, 0.4) is 0 Å². The quantitative estimate of drug-likeness (QED) is 0.551. The zero-order valence-corrected chi connectivity index (χ0v) is 17.5. The summed E-state index contributed by atoms with van der Waals surface area (Å²) >= 11 is 5.04. The fourth-order valence-electron chi connectivity index (χ4n) is 3.33. The minimum atomic E-state index is -1.02. The van der Waals surface area contributed by atoms with E-state index in [0.29, 0.717) is 12.3 Å². The van der Waals surface area contributed by atoms with E-state index < -0.39 is 11.2 Å². The standard InChI is InChI=1S/C22H20ClNO4S/c1-29(26)20-6-2-15(3-7-20)13-28-22-14-27-19(9-21(22)25)12-24-10-16-4-5-18(23)8-17(16)11-24/h2-9,14H,10-13H2,1H3. The summed E-state index contributed by atoms with van der Waals surface area (Å²) in [4.78, 5) is 15.3. The Bertz CT molecular complexity index is 1070. The van der Waals surface area contributed by atoms with Crippen LogP contribution in [-0.4, -0.2) is 15.7 Å². The van der Waals surface area contributed by atoms with Gasteiger partial charge in [-0.25, -0.2) is 0 Å². The average molecular weight is 430 g/mol. The molecule has 0 N–H and O–H groups in total. The summed E-state index contributed by atoms with van der Waals surface area (Å²) < 4.78 is 22.7. The molecule has 0 radical (unpaired) electrons. The highest BCUT2D eigenvalue weighted by Gasteiger charge is 2.20. The summed E-state index contributed by atoms with van der Waals surface area (Å²) in [5.41, 5.74) is 3.13. The van der Waals surface area contributed by atoms with Crippen molar-refractivity contribution >= 4 is 22.8 Å². The maximum absolute atomic E-state index is 12.4. The van der Waals surface area contributed by atoms with Crippen molar-refractivity contribution in [3.05, 3.63) is 92.5 Å². The SMILES string of the molecule is C[S+]([O-])c1ccc(COc2coc(CN3Cc4ccc(Cl)cc4C3)cc2=O)cc1. The molecule has 0 saturated carbocycles. The molecule has 3 aromatic rings. The van der Waals surface area contributed by atoms with Gasteiger partial charge in [-0.15, -0.1) is 0 Å². The normalized spacial score (nSPS) is 14.6. The third kappa shape index (κ3) is 4.85. The second-order valence-corrected chi connectivity index (χ2v) is 8.84. The second kappa shape index (κ2) is 8.63. The molecule has 1 aliphatic rings. The van der Waals surface area contributed by atoms with E-state index in [0.717, 1.165) is 28.6 Å². The first-order valence-corrected chi connectivity index (χ1v) is 11.1. The van der Waals surface area contributed by atoms with Crippen molar-refractivity contribution in [2.45, 2.75) is 31.1 Å². The molecule has 5 nitrogen and oxygen atoms in total. The van der Waals surface area contributed by atoms with E-state index in [1.807, 2.05) is 30.3 Å². The van der Waals surface area contributed by atoms with Gasteiger partial charge in [0.2, 0.25) is 11.2 Å². The maximum Gasteiger partial charge on any atom is 0.227 e. The van der Waals surface area contributed by atoms with E-state index in [-0.39, 0.29) is 17.8 Å². The number of hydrogen-bond acceptors (Lipinski definition) is 5. The molecule has 1 aliphatic heterocycles. The highest BCUT2D eigenvalue weighted by molar-refractivity contribution is 7.90. The van der Waals surface area contributed by atoms with Crippen molar-refractivity contribution in [3.8, 4) is 5.75 Å². The first-order valence-electron chi connectivity index (χ1n) is 9.14. The fraction of sp³-hybridized carbons (Fsp3) is 0.227. The van der Waals surface area contributed by atoms with Crippen LogP contribution < -0.4 is 10.2 Å². The van der Waals surface area contributed by atoms with Crippen LogP contribution in [0.15, 0.2) is 68.9 Å². The van der Waals surface area contributed by atoms with E-state index in [9.17, 15) is 9.35 Å². The van der Waals surface area contributed by atoms with Gasteiger partial charge in [0.1, 0.15) is 24.9 Å². The first kappa shape index (κ1) is 20.0. The van der Waals surface area contributed by atoms with E-state index in [4.69, 9.17) is 20.8 Å². The smallest absolute Gasteiger partial charge is 0.227 e. The number of fused-ring (bicyclic) bond motifs is 1. The summed E-state index contributed by atoms with van der Waals surface area (Å²) in [5.74, 6) is 0.768. The number of benzene rings is 2. The molecular weight excluding hydrogens is 410 g/mol. The van der Waals surface area contributed by atoms with Gasteiger partial charge in [0.15, 0.2) is 4.90 Å². The Kier molecular flexibility index (Phi) is 5.96. The zero-order chi connectivity index (χ0) is 20.4. The molecule has 1 atom stereocenters. The molecule has 1 aromatic heterocycles. The molecular formula is C22H20ClNO4S. The van der Waals surface area contributed by atoms with Gasteiger partial charge in [-0.1, -0.05) is 29.8 Å². The lowest BCUT2D eigenvalue weighted by molar-refractivity contribution is 0.241. The molecule has 2 aromatic carbocycles. The Hall–Kier alpha value is -2.25. The highest BCUT2D eigenvalue weighted by atomic mass is 35.5. The Balaban J connectivity index is 1.36. The van der Waals surface area contributed by atoms with Crippen LogP contribution in [0.25, 0.3) is 0 Å². The van der Waals surface area contributed by atoms with Crippen molar-refractivity contribution in [2.75, 3.05) is 6.26 Å². The van der Waals surface area contributed by atoms with E-state index in [1.165, 1.54) is 23.5 Å². The summed E-state index contributed by atoms with van der Waals surface area (Å²) in [5, 5.41) is 0.733. The van der Waals surface area contributed by atoms with Gasteiger partial charge in [0.05, 0.1) is 6.54 Å². The third-order valence-electron chi connectivity index (χ3n) is 4.84. The van der Waals surface area contributed by atoms with Gasteiger partial charge < -0.3 is 13.7 Å². The summed E-state index contributed by atoms with van der Waals surface area (Å²) in [6.45, 7) is 2.35. The molecule has 2 heterocycles. The Morgan fingerprint density at radius 3 is 2.62 bits per heavy atom. The number of nitrogens with zero attached hydrogens (tertiary/aromatic N) is 1. The monoisotopic (exact) mass is 429 g/mol. The largest absolute Gasteiger partial charge is 0.612 e. The predicted molar refractivity (Wildman–Crippen MR) is 112 cm³/mol. The molecule has 0 spiro atoms. The minimum Gasteiger partial charge on any atom is -0.612 e. The molecule has 1 unspecified atom stereocenters. The Morgan fingerprint density at radius 1 is 1.14 bits per heavy atom. The molecule has 29 heavy (non-hydrogen) atoms. The molecule has 0 fully saturated rings. The number of ether oxygens (including phenoxy) is 1. The molecule has 0 aliphatic carbocycles. The first-order chi connectivity index (χ1) is 14.0. The van der Waals surface area contributed by atoms with Gasteiger partial charge in [-0.2, -0.15) is 0 Å². The molecule has 0 amide bonds. The van der Waals surface area contributed by atoms with Crippen LogP contribution in [0, 0.1) is 0 Å². The number of hydrogen-bond donors (Lipinski definition) is 0. The van der Waals surface area contributed by atoms with E-state index in [2.05, 4.69) is 4.90 Å². The summed E-state index contributed by atoms with van der Waals surface area (Å²) in [6, 6.07) is 14.7. The van der Waals surface area contributed by atoms with Crippen LogP contribution in [0.2, 0.25) is 5.02 Å². The molecule has 0 saturated heterocycles. The molecule has 4 rings (SSSR count). The number of rotatable bonds is 6. The number of halogens is 1. The average Bonchev–Trinajstić information content (AvgIpc) is 3.09. The Labute approximate surface area is 177 Å². The molecule has 7 heteroatoms. The third-order valence-corrected chi connectivity index (χ3v) is 6.01. The zero-order valence-electron chi connectivity index (χ0n) is 15.9. The van der Waals surface area contributed by atoms with Crippen molar-refractivity contribution in [1.29, 1.82) is 0 Å². The van der Waals surface area contributed by atoms with E-state index >= 15 is 0 Å². The van der Waals surface area contributed by atoms with E-state index in [1.54, 1.807) is 18.4 Å². The minimum absolute atomic E-state index is 0.174. The lowest BCUT2D eigenvalue weighted by Gasteiger charge is -2.14. The maximum atomic E-state index is 12.4. The van der Waals surface area contributed by atoms with Crippen LogP contribution in [0.1, 0.15) is 22.5 Å². The van der Waals surface area contributed by atoms with Crippen LogP contribution in [0.4, 0.5) is 0 Å². The highest BCUT2D eigenvalue weighted by Crippen LogP contribution is 2.27. The van der Waals surface area contributed by atoms with Crippen LogP contribution in [0.5, 0.6) is 5.75 Å². The van der Waals surface area contributed by atoms with Gasteiger partial charge in [-0.05, 0) is 52.1 Å². The van der Waals surface area contributed by atoms with Crippen LogP contribution in [-0.2, 0) is 37.4 Å². The summed E-state index contributed by atoms with van der Waals surface area (Å²) in [6.07, 6.45) is 3.00. The van der Waals surface area contributed by atoms with Gasteiger partial charge >= 0.3 is 0 Å². The van der Waals surface area contributed by atoms with Gasteiger partial charge in [0, 0.05) is 24.2 Å². The van der Waals surface area contributed by atoms with Crippen molar-refractivity contribution in [1.82, 2.24) is 4.90 Å².